The van der Waals surface area contributed by atoms with Crippen LogP contribution in [0.1, 0.15) is 26.0 Å². The molecule has 1 atom stereocenters. The minimum atomic E-state index is -0.710. The molecule has 0 aliphatic heterocycles. The Balaban J connectivity index is 2.43. The molecule has 5 nitrogen and oxygen atoms in total. The number of nitrogen functional groups attached to an aromatic ring is 1. The van der Waals surface area contributed by atoms with E-state index in [1.54, 1.807) is 6.92 Å². The molecule has 0 amide bonds. The van der Waals surface area contributed by atoms with Gasteiger partial charge in [0.05, 0.1) is 17.6 Å². The molecule has 0 radical (unpaired) electrons. The zero-order chi connectivity index (χ0) is 17.0. The van der Waals surface area contributed by atoms with Crippen molar-refractivity contribution in [3.8, 4) is 0 Å². The van der Waals surface area contributed by atoms with Crippen molar-refractivity contribution in [2.24, 2.45) is 10.9 Å². The highest BCUT2D eigenvalue weighted by molar-refractivity contribution is 5.98. The molecule has 0 aliphatic rings. The van der Waals surface area contributed by atoms with Gasteiger partial charge in [-0.1, -0.05) is 19.9 Å². The lowest BCUT2D eigenvalue weighted by atomic mass is 10.1. The van der Waals surface area contributed by atoms with Gasteiger partial charge in [-0.2, -0.15) is 0 Å². The molecule has 0 bridgehead atoms. The number of benzene rings is 1. The highest BCUT2D eigenvalue weighted by atomic mass is 19.1. The lowest BCUT2D eigenvalue weighted by Crippen LogP contribution is -2.21. The summed E-state index contributed by atoms with van der Waals surface area (Å²) in [5, 5.41) is 3.06. The van der Waals surface area contributed by atoms with Gasteiger partial charge in [-0.15, -0.1) is 0 Å². The third-order valence-electron chi connectivity index (χ3n) is 3.51. The number of hydrogen-bond donors (Lipinski definition) is 2. The molecular weight excluding hydrogens is 300 g/mol. The second-order valence-corrected chi connectivity index (χ2v) is 5.23. The number of aryl methyl sites for hydroxylation is 1. The fourth-order valence-corrected chi connectivity index (χ4v) is 1.92. The standard InChI is InChI=1S/C16H19F2N5/c1-4-9(2)15(22-13-8-20-16(19)21-10(13)3)23-14-11(17)6-5-7-12(14)18/h5-9H,4H2,1-3H3,(H,22,23)(H2,19,20,21). The van der Waals surface area contributed by atoms with Gasteiger partial charge < -0.3 is 11.1 Å². The zero-order valence-corrected chi connectivity index (χ0v) is 13.3. The van der Waals surface area contributed by atoms with Crippen LogP contribution in [0.2, 0.25) is 0 Å². The van der Waals surface area contributed by atoms with Crippen molar-refractivity contribution in [2.45, 2.75) is 27.2 Å². The number of nitrogens with one attached hydrogen (secondary N) is 1. The Morgan fingerprint density at radius 1 is 1.35 bits per heavy atom. The smallest absolute Gasteiger partial charge is 0.220 e. The molecule has 1 aromatic carbocycles. The van der Waals surface area contributed by atoms with Crippen molar-refractivity contribution in [2.75, 3.05) is 11.1 Å². The number of anilines is 2. The van der Waals surface area contributed by atoms with Crippen LogP contribution in [0.5, 0.6) is 0 Å². The molecule has 0 fully saturated rings. The van der Waals surface area contributed by atoms with Crippen molar-refractivity contribution in [3.05, 3.63) is 41.7 Å². The molecule has 23 heavy (non-hydrogen) atoms. The first kappa shape index (κ1) is 16.8. The Bertz CT molecular complexity index is 710. The molecule has 2 aromatic rings. The van der Waals surface area contributed by atoms with E-state index >= 15 is 0 Å². The summed E-state index contributed by atoms with van der Waals surface area (Å²) in [7, 11) is 0. The number of amidine groups is 1. The fourth-order valence-electron chi connectivity index (χ4n) is 1.92. The predicted molar refractivity (Wildman–Crippen MR) is 87.7 cm³/mol. The average molecular weight is 319 g/mol. The predicted octanol–water partition coefficient (Wildman–Crippen LogP) is 3.83. The van der Waals surface area contributed by atoms with E-state index in [1.165, 1.54) is 24.4 Å². The Morgan fingerprint density at radius 2 is 2.00 bits per heavy atom. The maximum atomic E-state index is 13.8. The maximum Gasteiger partial charge on any atom is 0.220 e. The van der Waals surface area contributed by atoms with Gasteiger partial charge in [0.1, 0.15) is 11.5 Å². The highest BCUT2D eigenvalue weighted by Gasteiger charge is 2.15. The molecule has 0 spiro atoms. The second-order valence-electron chi connectivity index (χ2n) is 5.23. The van der Waals surface area contributed by atoms with Crippen LogP contribution in [-0.2, 0) is 0 Å². The Labute approximate surface area is 133 Å². The summed E-state index contributed by atoms with van der Waals surface area (Å²) in [6.45, 7) is 5.64. The third-order valence-corrected chi connectivity index (χ3v) is 3.51. The first-order valence-corrected chi connectivity index (χ1v) is 7.31. The summed E-state index contributed by atoms with van der Waals surface area (Å²) in [5.74, 6) is -0.857. The Morgan fingerprint density at radius 3 is 2.57 bits per heavy atom. The minimum Gasteiger partial charge on any atom is -0.368 e. The molecule has 0 saturated heterocycles. The summed E-state index contributed by atoms with van der Waals surface area (Å²) in [5.41, 5.74) is 6.43. The average Bonchev–Trinajstić information content (AvgIpc) is 2.51. The van der Waals surface area contributed by atoms with Crippen LogP contribution in [0.4, 0.5) is 26.1 Å². The van der Waals surface area contributed by atoms with Gasteiger partial charge in [-0.05, 0) is 25.5 Å². The van der Waals surface area contributed by atoms with Crippen LogP contribution in [-0.4, -0.2) is 15.8 Å². The van der Waals surface area contributed by atoms with Gasteiger partial charge in [0.2, 0.25) is 5.95 Å². The quantitative estimate of drug-likeness (QED) is 0.663. The van der Waals surface area contributed by atoms with E-state index in [0.717, 1.165) is 6.42 Å². The van der Waals surface area contributed by atoms with Gasteiger partial charge in [-0.3, -0.25) is 0 Å². The van der Waals surface area contributed by atoms with E-state index in [0.29, 0.717) is 17.2 Å². The molecular formula is C16H19F2N5. The largest absolute Gasteiger partial charge is 0.368 e. The van der Waals surface area contributed by atoms with Crippen LogP contribution in [0, 0.1) is 24.5 Å². The van der Waals surface area contributed by atoms with Crippen LogP contribution >= 0.6 is 0 Å². The molecule has 0 aliphatic carbocycles. The lowest BCUT2D eigenvalue weighted by Gasteiger charge is -2.17. The molecule has 3 N–H and O–H groups in total. The maximum absolute atomic E-state index is 13.8. The van der Waals surface area contributed by atoms with Gasteiger partial charge in [-0.25, -0.2) is 23.7 Å². The normalized spacial score (nSPS) is 13.0. The minimum absolute atomic E-state index is 0.0361. The fraction of sp³-hybridized carbons (Fsp3) is 0.312. The zero-order valence-electron chi connectivity index (χ0n) is 13.3. The summed E-state index contributed by atoms with van der Waals surface area (Å²) in [6.07, 6.45) is 2.27. The molecule has 122 valence electrons. The number of para-hydroxylation sites is 1. The van der Waals surface area contributed by atoms with E-state index in [1.807, 2.05) is 13.8 Å². The molecule has 7 heteroatoms. The number of hydrogen-bond acceptors (Lipinski definition) is 4. The van der Waals surface area contributed by atoms with Crippen molar-refractivity contribution in [3.63, 3.8) is 0 Å². The summed E-state index contributed by atoms with van der Waals surface area (Å²) >= 11 is 0. The Hall–Kier alpha value is -2.57. The van der Waals surface area contributed by atoms with Crippen molar-refractivity contribution >= 4 is 23.2 Å². The molecule has 0 saturated carbocycles. The summed E-state index contributed by atoms with van der Waals surface area (Å²) in [4.78, 5) is 12.1. The van der Waals surface area contributed by atoms with Crippen molar-refractivity contribution in [1.82, 2.24) is 9.97 Å². The van der Waals surface area contributed by atoms with Gasteiger partial charge in [0.15, 0.2) is 11.6 Å². The van der Waals surface area contributed by atoms with E-state index in [9.17, 15) is 8.78 Å². The van der Waals surface area contributed by atoms with E-state index in [4.69, 9.17) is 5.73 Å². The van der Waals surface area contributed by atoms with Crippen molar-refractivity contribution < 1.29 is 8.78 Å². The van der Waals surface area contributed by atoms with Crippen LogP contribution in [0.3, 0.4) is 0 Å². The number of nitrogens with two attached hydrogens (primary N) is 1. The second kappa shape index (κ2) is 7.13. The monoisotopic (exact) mass is 319 g/mol. The molecule has 1 heterocycles. The molecule has 1 unspecified atom stereocenters. The first-order valence-electron chi connectivity index (χ1n) is 7.31. The lowest BCUT2D eigenvalue weighted by molar-refractivity contribution is 0.586. The van der Waals surface area contributed by atoms with Gasteiger partial charge in [0, 0.05) is 5.92 Å². The SMILES string of the molecule is CCC(C)C(=Nc1c(F)cccc1F)Nc1cnc(N)nc1C. The van der Waals surface area contributed by atoms with Gasteiger partial charge in [0.25, 0.3) is 0 Å². The first-order chi connectivity index (χ1) is 10.9. The summed E-state index contributed by atoms with van der Waals surface area (Å²) < 4.78 is 27.7. The topological polar surface area (TPSA) is 76.2 Å². The number of aliphatic imine (C=N–C) groups is 1. The third kappa shape index (κ3) is 4.00. The van der Waals surface area contributed by atoms with Crippen LogP contribution in [0.15, 0.2) is 29.4 Å². The van der Waals surface area contributed by atoms with E-state index in [2.05, 4.69) is 20.3 Å². The number of nitrogens with zero attached hydrogens (tertiary/aromatic N) is 3. The molecule has 2 rings (SSSR count). The summed E-state index contributed by atoms with van der Waals surface area (Å²) in [6, 6.07) is 3.65. The number of halogens is 2. The highest BCUT2D eigenvalue weighted by Crippen LogP contribution is 2.24. The van der Waals surface area contributed by atoms with Gasteiger partial charge >= 0.3 is 0 Å². The van der Waals surface area contributed by atoms with Crippen LogP contribution in [0.25, 0.3) is 0 Å². The number of rotatable bonds is 4. The van der Waals surface area contributed by atoms with E-state index in [-0.39, 0.29) is 17.6 Å². The van der Waals surface area contributed by atoms with Crippen molar-refractivity contribution in [1.29, 1.82) is 0 Å². The van der Waals surface area contributed by atoms with Crippen LogP contribution < -0.4 is 11.1 Å². The molecule has 1 aromatic heterocycles. The number of aromatic nitrogens is 2. The van der Waals surface area contributed by atoms with E-state index < -0.39 is 11.6 Å². The Kier molecular flexibility index (Phi) is 5.20.